The first-order valence-corrected chi connectivity index (χ1v) is 9.30. The van der Waals surface area contributed by atoms with E-state index in [9.17, 15) is 10.0 Å². The number of H-pyrrole nitrogens is 1. The van der Waals surface area contributed by atoms with Crippen molar-refractivity contribution in [1.29, 1.82) is 0 Å². The Morgan fingerprint density at radius 2 is 1.96 bits per heavy atom. The predicted octanol–water partition coefficient (Wildman–Crippen LogP) is 2.96. The van der Waals surface area contributed by atoms with Crippen LogP contribution in [0.2, 0.25) is 5.02 Å². The van der Waals surface area contributed by atoms with Crippen LogP contribution >= 0.6 is 11.6 Å². The van der Waals surface area contributed by atoms with Crippen molar-refractivity contribution in [2.24, 2.45) is 11.8 Å². The van der Waals surface area contributed by atoms with Crippen LogP contribution in [0.4, 0.5) is 5.82 Å². The quantitative estimate of drug-likeness (QED) is 0.558. The van der Waals surface area contributed by atoms with Crippen molar-refractivity contribution < 1.29 is 9.52 Å². The molecular formula is C20H17ClN4O2. The van der Waals surface area contributed by atoms with Crippen LogP contribution in [0, 0.1) is 17.0 Å². The molecule has 3 heterocycles. The molecule has 0 radical (unpaired) electrons. The molecule has 2 aromatic heterocycles. The van der Waals surface area contributed by atoms with E-state index in [0.717, 1.165) is 40.2 Å². The first kappa shape index (κ1) is 16.3. The zero-order valence-electron chi connectivity index (χ0n) is 14.4. The summed E-state index contributed by atoms with van der Waals surface area (Å²) in [7, 11) is 0. The summed E-state index contributed by atoms with van der Waals surface area (Å²) in [6.07, 6.45) is 4.63. The zero-order valence-corrected chi connectivity index (χ0v) is 15.1. The van der Waals surface area contributed by atoms with Crippen molar-refractivity contribution >= 4 is 23.3 Å². The highest BCUT2D eigenvalue weighted by atomic mass is 35.5. The number of benzene rings is 1. The highest BCUT2D eigenvalue weighted by Crippen LogP contribution is 2.51. The van der Waals surface area contributed by atoms with Gasteiger partial charge in [0.2, 0.25) is 5.91 Å². The molecule has 1 aliphatic heterocycles. The Kier molecular flexibility index (Phi) is 3.68. The molecule has 6 nitrogen and oxygen atoms in total. The Bertz CT molecular complexity index is 1000. The molecule has 3 aromatic rings. The van der Waals surface area contributed by atoms with Crippen LogP contribution < -0.4 is 9.63 Å². The van der Waals surface area contributed by atoms with E-state index in [0.29, 0.717) is 10.9 Å². The highest BCUT2D eigenvalue weighted by molar-refractivity contribution is 6.30. The van der Waals surface area contributed by atoms with Crippen LogP contribution in [0.5, 0.6) is 0 Å². The van der Waals surface area contributed by atoms with E-state index < -0.39 is 0 Å². The number of carbonyl (C=O) groups is 1. The lowest BCUT2D eigenvalue weighted by molar-refractivity contribution is -0.605. The van der Waals surface area contributed by atoms with Gasteiger partial charge in [-0.25, -0.2) is 0 Å². The molecule has 1 saturated heterocycles. The van der Waals surface area contributed by atoms with Gasteiger partial charge in [0, 0.05) is 40.7 Å². The Balaban J connectivity index is 1.37. The maximum Gasteiger partial charge on any atom is 0.232 e. The van der Waals surface area contributed by atoms with Crippen LogP contribution in [-0.2, 0) is 11.2 Å². The third-order valence-corrected chi connectivity index (χ3v) is 5.75. The van der Waals surface area contributed by atoms with E-state index in [1.54, 1.807) is 12.1 Å². The minimum atomic E-state index is -0.000859. The minimum absolute atomic E-state index is 0.000859. The van der Waals surface area contributed by atoms with Crippen molar-refractivity contribution in [3.63, 3.8) is 0 Å². The van der Waals surface area contributed by atoms with Gasteiger partial charge in [0.05, 0.1) is 5.69 Å². The summed E-state index contributed by atoms with van der Waals surface area (Å²) < 4.78 is 0.733. The molecule has 27 heavy (non-hydrogen) atoms. The molecule has 2 aliphatic rings. The van der Waals surface area contributed by atoms with E-state index in [-0.39, 0.29) is 17.9 Å². The summed E-state index contributed by atoms with van der Waals surface area (Å²) in [5.74, 6) is 1.27. The molecule has 1 aromatic carbocycles. The molecule has 136 valence electrons. The lowest BCUT2D eigenvalue weighted by Gasteiger charge is -2.19. The second-order valence-corrected chi connectivity index (χ2v) is 7.63. The summed E-state index contributed by atoms with van der Waals surface area (Å²) in [6.45, 7) is 0. The topological polar surface area (TPSA) is 75.9 Å². The van der Waals surface area contributed by atoms with Crippen molar-refractivity contribution in [2.45, 2.75) is 18.9 Å². The number of nitrogens with zero attached hydrogens (tertiary/aromatic N) is 3. The fraction of sp³-hybridized carbons (Fsp3) is 0.250. The van der Waals surface area contributed by atoms with Gasteiger partial charge in [-0.3, -0.25) is 14.8 Å². The summed E-state index contributed by atoms with van der Waals surface area (Å²) in [5.41, 5.74) is 2.68. The van der Waals surface area contributed by atoms with E-state index in [4.69, 9.17) is 11.6 Å². The van der Waals surface area contributed by atoms with Gasteiger partial charge in [0.25, 0.3) is 0 Å². The molecule has 0 bridgehead atoms. The number of hydrogen-bond acceptors (Lipinski definition) is 3. The molecule has 3 atom stereocenters. The Morgan fingerprint density at radius 3 is 2.70 bits per heavy atom. The largest absolute Gasteiger partial charge is 0.619 e. The molecule has 3 unspecified atom stereocenters. The minimum Gasteiger partial charge on any atom is -0.619 e. The standard InChI is InChI=1S/C20H17ClN4O2/c21-14-3-1-12(2-4-14)9-16-15-10-18(15)25(20(16)26)19-11-17(22-23-19)13-5-7-24(27)8-6-13/h1-8,11,15-16,18H,9-10H2,(H,22,23). The van der Waals surface area contributed by atoms with Gasteiger partial charge in [-0.05, 0) is 36.5 Å². The summed E-state index contributed by atoms with van der Waals surface area (Å²) in [6, 6.07) is 13.3. The Labute approximate surface area is 161 Å². The SMILES string of the molecule is O=C1C(Cc2ccc(Cl)cc2)C2CC2N1c1cc(-c2cc[n+]([O-])cc2)n[nH]1. The molecule has 1 amide bonds. The second-order valence-electron chi connectivity index (χ2n) is 7.20. The zero-order chi connectivity index (χ0) is 18.5. The number of nitrogens with one attached hydrogen (secondary N) is 1. The van der Waals surface area contributed by atoms with Gasteiger partial charge in [-0.2, -0.15) is 9.83 Å². The number of amides is 1. The van der Waals surface area contributed by atoms with Gasteiger partial charge in [-0.15, -0.1) is 0 Å². The Hall–Kier alpha value is -2.86. The highest BCUT2D eigenvalue weighted by Gasteiger charge is 2.58. The van der Waals surface area contributed by atoms with Gasteiger partial charge >= 0.3 is 0 Å². The van der Waals surface area contributed by atoms with Crippen molar-refractivity contribution in [2.75, 3.05) is 4.90 Å². The van der Waals surface area contributed by atoms with Gasteiger partial charge < -0.3 is 5.21 Å². The first-order chi connectivity index (χ1) is 13.1. The van der Waals surface area contributed by atoms with Crippen molar-refractivity contribution in [3.05, 3.63) is 70.7 Å². The number of anilines is 1. The molecule has 1 aliphatic carbocycles. The second kappa shape index (κ2) is 6.09. The fourth-order valence-electron chi connectivity index (χ4n) is 4.03. The third kappa shape index (κ3) is 2.86. The lowest BCUT2D eigenvalue weighted by atomic mass is 9.95. The average Bonchev–Trinajstić information content (AvgIpc) is 3.18. The summed E-state index contributed by atoms with van der Waals surface area (Å²) in [4.78, 5) is 14.9. The maximum atomic E-state index is 13.0. The van der Waals surface area contributed by atoms with E-state index in [1.165, 1.54) is 12.4 Å². The van der Waals surface area contributed by atoms with Crippen LogP contribution in [0.25, 0.3) is 11.3 Å². The molecule has 7 heteroatoms. The van der Waals surface area contributed by atoms with Crippen LogP contribution in [0.1, 0.15) is 12.0 Å². The van der Waals surface area contributed by atoms with Crippen LogP contribution in [0.15, 0.2) is 54.9 Å². The van der Waals surface area contributed by atoms with Gasteiger partial charge in [0.15, 0.2) is 12.4 Å². The molecular weight excluding hydrogens is 364 g/mol. The van der Waals surface area contributed by atoms with Crippen LogP contribution in [-0.4, -0.2) is 22.1 Å². The predicted molar refractivity (Wildman–Crippen MR) is 101 cm³/mol. The third-order valence-electron chi connectivity index (χ3n) is 5.50. The van der Waals surface area contributed by atoms with Gasteiger partial charge in [-0.1, -0.05) is 23.7 Å². The van der Waals surface area contributed by atoms with E-state index in [1.807, 2.05) is 35.2 Å². The van der Waals surface area contributed by atoms with Gasteiger partial charge in [0.1, 0.15) is 5.82 Å². The number of piperidine rings is 1. The monoisotopic (exact) mass is 380 g/mol. The number of rotatable bonds is 4. The number of fused-ring (bicyclic) bond motifs is 1. The number of halogens is 1. The number of carbonyl (C=O) groups excluding carboxylic acids is 1. The fourth-order valence-corrected chi connectivity index (χ4v) is 4.16. The Morgan fingerprint density at radius 1 is 1.22 bits per heavy atom. The number of pyridine rings is 1. The number of aromatic amines is 1. The lowest BCUT2D eigenvalue weighted by Crippen LogP contribution is -2.32. The van der Waals surface area contributed by atoms with Crippen LogP contribution in [0.3, 0.4) is 0 Å². The maximum absolute atomic E-state index is 13.0. The molecule has 1 saturated carbocycles. The average molecular weight is 381 g/mol. The molecule has 1 N–H and O–H groups in total. The molecule has 2 fully saturated rings. The number of hydrogen-bond donors (Lipinski definition) is 1. The van der Waals surface area contributed by atoms with Crippen molar-refractivity contribution in [3.8, 4) is 11.3 Å². The normalized spacial score (nSPS) is 23.5. The summed E-state index contributed by atoms with van der Waals surface area (Å²) >= 11 is 5.95. The smallest absolute Gasteiger partial charge is 0.232 e. The van der Waals surface area contributed by atoms with Crippen molar-refractivity contribution in [1.82, 2.24) is 10.2 Å². The van der Waals surface area contributed by atoms with E-state index >= 15 is 0 Å². The molecule has 0 spiro atoms. The van der Waals surface area contributed by atoms with E-state index in [2.05, 4.69) is 10.2 Å². The number of aromatic nitrogens is 3. The first-order valence-electron chi connectivity index (χ1n) is 8.92. The molecule has 5 rings (SSSR count). The summed E-state index contributed by atoms with van der Waals surface area (Å²) in [5, 5.41) is 19.2.